The number of hydrogen-bond donors (Lipinski definition) is 0. The van der Waals surface area contributed by atoms with Gasteiger partial charge in [0.05, 0.1) is 10.5 Å². The molecule has 0 heterocycles. The second kappa shape index (κ2) is 5.52. The van der Waals surface area contributed by atoms with Gasteiger partial charge in [-0.15, -0.1) is 6.58 Å². The van der Waals surface area contributed by atoms with Gasteiger partial charge in [-0.3, -0.25) is 14.9 Å². The van der Waals surface area contributed by atoms with Crippen LogP contribution in [0.15, 0.2) is 35.3 Å². The first kappa shape index (κ1) is 13.7. The predicted octanol–water partition coefficient (Wildman–Crippen LogP) is 3.15. The molecular formula is C13H13BrN2O3. The van der Waals surface area contributed by atoms with Crippen LogP contribution in [0.3, 0.4) is 0 Å². The fourth-order valence-corrected chi connectivity index (χ4v) is 2.48. The normalized spacial score (nSPS) is 13.9. The Bertz CT molecular complexity index is 541. The summed E-state index contributed by atoms with van der Waals surface area (Å²) in [5, 5.41) is 10.9. The van der Waals surface area contributed by atoms with E-state index in [4.69, 9.17) is 0 Å². The molecule has 100 valence electrons. The molecule has 0 aliphatic heterocycles. The Balaban J connectivity index is 2.34. The Hall–Kier alpha value is -1.69. The molecule has 2 rings (SSSR count). The lowest BCUT2D eigenvalue weighted by Gasteiger charge is -2.21. The van der Waals surface area contributed by atoms with Crippen molar-refractivity contribution in [3.8, 4) is 0 Å². The van der Waals surface area contributed by atoms with Gasteiger partial charge in [-0.1, -0.05) is 12.1 Å². The summed E-state index contributed by atoms with van der Waals surface area (Å²) >= 11 is 3.16. The number of carbonyl (C=O) groups excluding carboxylic acids is 1. The molecule has 1 aromatic rings. The average molecular weight is 325 g/mol. The maximum absolute atomic E-state index is 12.4. The number of nitro groups is 1. The zero-order chi connectivity index (χ0) is 14.0. The fourth-order valence-electron chi connectivity index (χ4n) is 1.90. The molecule has 0 atom stereocenters. The van der Waals surface area contributed by atoms with Gasteiger partial charge in [0.15, 0.2) is 0 Å². The van der Waals surface area contributed by atoms with Crippen LogP contribution < -0.4 is 0 Å². The second-order valence-electron chi connectivity index (χ2n) is 4.37. The number of carbonyl (C=O) groups is 1. The number of benzene rings is 1. The van der Waals surface area contributed by atoms with Gasteiger partial charge < -0.3 is 4.90 Å². The van der Waals surface area contributed by atoms with Gasteiger partial charge in [0.25, 0.3) is 11.6 Å². The molecular weight excluding hydrogens is 312 g/mol. The van der Waals surface area contributed by atoms with Crippen molar-refractivity contribution in [2.24, 2.45) is 0 Å². The molecule has 1 saturated carbocycles. The van der Waals surface area contributed by atoms with Crippen molar-refractivity contribution in [3.63, 3.8) is 0 Å². The van der Waals surface area contributed by atoms with E-state index in [2.05, 4.69) is 22.5 Å². The lowest BCUT2D eigenvalue weighted by atomic mass is 10.1. The Morgan fingerprint density at radius 2 is 2.26 bits per heavy atom. The lowest BCUT2D eigenvalue weighted by Crippen LogP contribution is -2.33. The van der Waals surface area contributed by atoms with E-state index in [1.54, 1.807) is 17.0 Å². The van der Waals surface area contributed by atoms with Crippen LogP contribution >= 0.6 is 15.9 Å². The second-order valence-corrected chi connectivity index (χ2v) is 5.17. The van der Waals surface area contributed by atoms with E-state index in [9.17, 15) is 14.9 Å². The van der Waals surface area contributed by atoms with Gasteiger partial charge in [-0.05, 0) is 34.8 Å². The maximum Gasteiger partial charge on any atom is 0.284 e. The fraction of sp³-hybridized carbons (Fsp3) is 0.308. The first-order valence-electron chi connectivity index (χ1n) is 5.91. The average Bonchev–Trinajstić information content (AvgIpc) is 3.19. The molecule has 1 aliphatic rings. The largest absolute Gasteiger partial charge is 0.332 e. The lowest BCUT2D eigenvalue weighted by molar-refractivity contribution is -0.385. The molecule has 1 aliphatic carbocycles. The Morgan fingerprint density at radius 1 is 1.58 bits per heavy atom. The third-order valence-electron chi connectivity index (χ3n) is 2.98. The number of rotatable bonds is 5. The van der Waals surface area contributed by atoms with Crippen molar-refractivity contribution >= 4 is 27.5 Å². The van der Waals surface area contributed by atoms with E-state index in [1.807, 2.05) is 0 Å². The van der Waals surface area contributed by atoms with Crippen molar-refractivity contribution in [2.75, 3.05) is 6.54 Å². The minimum atomic E-state index is -0.504. The summed E-state index contributed by atoms with van der Waals surface area (Å²) in [6.07, 6.45) is 3.62. The number of nitro benzene ring substituents is 1. The molecule has 0 unspecified atom stereocenters. The van der Waals surface area contributed by atoms with Crippen LogP contribution in [0.1, 0.15) is 23.2 Å². The minimum Gasteiger partial charge on any atom is -0.332 e. The number of hydrogen-bond acceptors (Lipinski definition) is 3. The molecule has 0 radical (unpaired) electrons. The van der Waals surface area contributed by atoms with Gasteiger partial charge in [-0.2, -0.15) is 0 Å². The smallest absolute Gasteiger partial charge is 0.284 e. The quantitative estimate of drug-likeness (QED) is 0.475. The summed E-state index contributed by atoms with van der Waals surface area (Å²) in [6, 6.07) is 4.72. The van der Waals surface area contributed by atoms with E-state index in [-0.39, 0.29) is 22.1 Å². The van der Waals surface area contributed by atoms with E-state index in [0.717, 1.165) is 12.8 Å². The van der Waals surface area contributed by atoms with Gasteiger partial charge in [-0.25, -0.2) is 0 Å². The van der Waals surface area contributed by atoms with Crippen molar-refractivity contribution in [2.45, 2.75) is 18.9 Å². The molecule has 0 bridgehead atoms. The SMILES string of the molecule is C=CCN(C(=O)c1cccc([N+](=O)[O-])c1Br)C1CC1. The van der Waals surface area contributed by atoms with Crippen LogP contribution in [-0.2, 0) is 0 Å². The molecule has 1 amide bonds. The van der Waals surface area contributed by atoms with Crippen LogP contribution in [0.25, 0.3) is 0 Å². The highest BCUT2D eigenvalue weighted by Gasteiger charge is 2.33. The summed E-state index contributed by atoms with van der Waals surface area (Å²) in [5.41, 5.74) is 0.225. The third kappa shape index (κ3) is 2.84. The van der Waals surface area contributed by atoms with Crippen LogP contribution in [0, 0.1) is 10.1 Å². The molecule has 0 aromatic heterocycles. The Kier molecular flexibility index (Phi) is 3.99. The first-order chi connectivity index (χ1) is 9.06. The minimum absolute atomic E-state index is 0.0970. The zero-order valence-electron chi connectivity index (χ0n) is 10.2. The van der Waals surface area contributed by atoms with Crippen molar-refractivity contribution in [3.05, 3.63) is 51.0 Å². The molecule has 5 nitrogen and oxygen atoms in total. The van der Waals surface area contributed by atoms with E-state index in [1.165, 1.54) is 12.1 Å². The summed E-state index contributed by atoms with van der Waals surface area (Å²) in [7, 11) is 0. The van der Waals surface area contributed by atoms with E-state index >= 15 is 0 Å². The molecule has 0 saturated heterocycles. The van der Waals surface area contributed by atoms with Gasteiger partial charge >= 0.3 is 0 Å². The van der Waals surface area contributed by atoms with Crippen molar-refractivity contribution < 1.29 is 9.72 Å². The number of nitrogens with zero attached hydrogens (tertiary/aromatic N) is 2. The van der Waals surface area contributed by atoms with Gasteiger partial charge in [0, 0.05) is 18.7 Å². The summed E-state index contributed by atoms with van der Waals surface area (Å²) < 4.78 is 0.236. The van der Waals surface area contributed by atoms with Crippen LogP contribution in [0.2, 0.25) is 0 Å². The zero-order valence-corrected chi connectivity index (χ0v) is 11.8. The number of amides is 1. The number of halogens is 1. The Morgan fingerprint density at radius 3 is 2.79 bits per heavy atom. The maximum atomic E-state index is 12.4. The molecule has 6 heteroatoms. The van der Waals surface area contributed by atoms with Crippen molar-refractivity contribution in [1.82, 2.24) is 4.90 Å². The molecule has 0 spiro atoms. The summed E-state index contributed by atoms with van der Waals surface area (Å²) in [4.78, 5) is 24.5. The molecule has 0 N–H and O–H groups in total. The monoisotopic (exact) mass is 324 g/mol. The Labute approximate surface area is 119 Å². The van der Waals surface area contributed by atoms with Gasteiger partial charge in [0.1, 0.15) is 4.47 Å². The van der Waals surface area contributed by atoms with Crippen LogP contribution in [-0.4, -0.2) is 28.3 Å². The first-order valence-corrected chi connectivity index (χ1v) is 6.70. The highest BCUT2D eigenvalue weighted by molar-refractivity contribution is 9.10. The highest BCUT2D eigenvalue weighted by Crippen LogP contribution is 2.33. The van der Waals surface area contributed by atoms with E-state index in [0.29, 0.717) is 12.1 Å². The summed E-state index contributed by atoms with van der Waals surface area (Å²) in [6.45, 7) is 4.10. The van der Waals surface area contributed by atoms with Crippen molar-refractivity contribution in [1.29, 1.82) is 0 Å². The summed E-state index contributed by atoms with van der Waals surface area (Å²) in [5.74, 6) is -0.196. The molecule has 1 fully saturated rings. The molecule has 1 aromatic carbocycles. The topological polar surface area (TPSA) is 63.5 Å². The standard InChI is InChI=1S/C13H13BrN2O3/c1-2-8-15(9-6-7-9)13(17)10-4-3-5-11(12(10)14)16(18)19/h2-5,9H,1,6-8H2. The van der Waals surface area contributed by atoms with Gasteiger partial charge in [0.2, 0.25) is 0 Å². The highest BCUT2D eigenvalue weighted by atomic mass is 79.9. The van der Waals surface area contributed by atoms with Crippen LogP contribution in [0.5, 0.6) is 0 Å². The van der Waals surface area contributed by atoms with Crippen LogP contribution in [0.4, 0.5) is 5.69 Å². The molecule has 19 heavy (non-hydrogen) atoms. The van der Waals surface area contributed by atoms with E-state index < -0.39 is 4.92 Å². The third-order valence-corrected chi connectivity index (χ3v) is 3.81. The predicted molar refractivity (Wildman–Crippen MR) is 75.1 cm³/mol.